The summed E-state index contributed by atoms with van der Waals surface area (Å²) in [6, 6.07) is 8.67. The van der Waals surface area contributed by atoms with E-state index in [9.17, 15) is 0 Å². The van der Waals surface area contributed by atoms with Gasteiger partial charge >= 0.3 is 0 Å². The molecule has 0 radical (unpaired) electrons. The Balaban J connectivity index is 1.60. The minimum absolute atomic E-state index is 0.270. The summed E-state index contributed by atoms with van der Waals surface area (Å²) in [6.07, 6.45) is 4.96. The number of nitrogens with zero attached hydrogens (tertiary/aromatic N) is 3. The van der Waals surface area contributed by atoms with Crippen LogP contribution in [-0.2, 0) is 0 Å². The van der Waals surface area contributed by atoms with Gasteiger partial charge in [-0.3, -0.25) is 0 Å². The third-order valence-corrected chi connectivity index (χ3v) is 4.63. The van der Waals surface area contributed by atoms with E-state index in [1.54, 1.807) is 0 Å². The first kappa shape index (κ1) is 14.7. The molecule has 1 aromatic carbocycles. The van der Waals surface area contributed by atoms with E-state index < -0.39 is 0 Å². The van der Waals surface area contributed by atoms with Crippen molar-refractivity contribution in [3.63, 3.8) is 0 Å². The Morgan fingerprint density at radius 3 is 2.19 bits per heavy atom. The normalized spacial score (nSPS) is 19.1. The van der Waals surface area contributed by atoms with Crippen LogP contribution in [0.3, 0.4) is 0 Å². The van der Waals surface area contributed by atoms with Crippen LogP contribution in [0.25, 0.3) is 0 Å². The van der Waals surface area contributed by atoms with Gasteiger partial charge in [0.2, 0.25) is 0 Å². The van der Waals surface area contributed by atoms with Gasteiger partial charge in [-0.05, 0) is 44.5 Å². The van der Waals surface area contributed by atoms with Crippen molar-refractivity contribution in [2.24, 2.45) is 0 Å². The second-order valence-electron chi connectivity index (χ2n) is 6.14. The lowest BCUT2D eigenvalue weighted by atomic mass is 10.1. The maximum absolute atomic E-state index is 9.07. The summed E-state index contributed by atoms with van der Waals surface area (Å²) in [5.74, 6) is 0. The molecule has 3 rings (SSSR count). The van der Waals surface area contributed by atoms with Gasteiger partial charge in [0.1, 0.15) is 0 Å². The molecule has 1 fully saturated rings. The minimum Gasteiger partial charge on any atom is -0.396 e. The summed E-state index contributed by atoms with van der Waals surface area (Å²) in [7, 11) is 0. The molecule has 4 nitrogen and oxygen atoms in total. The summed E-state index contributed by atoms with van der Waals surface area (Å²) < 4.78 is 0. The average Bonchev–Trinajstić information content (AvgIpc) is 2.90. The second-order valence-corrected chi connectivity index (χ2v) is 6.14. The molecule has 0 unspecified atom stereocenters. The van der Waals surface area contributed by atoms with Crippen LogP contribution in [0, 0.1) is 0 Å². The number of piperidine rings is 1. The molecular weight excluding hydrogens is 262 g/mol. The SMILES string of the molecule is OCCCN1CN(CCN2CCCCC2)c2ccccc21. The quantitative estimate of drug-likeness (QED) is 0.869. The Labute approximate surface area is 128 Å². The van der Waals surface area contributed by atoms with Crippen molar-refractivity contribution in [3.8, 4) is 0 Å². The highest BCUT2D eigenvalue weighted by atomic mass is 16.3. The molecule has 2 heterocycles. The zero-order valence-corrected chi connectivity index (χ0v) is 12.9. The lowest BCUT2D eigenvalue weighted by Crippen LogP contribution is -2.39. The highest BCUT2D eigenvalue weighted by Gasteiger charge is 2.25. The van der Waals surface area contributed by atoms with E-state index in [4.69, 9.17) is 5.11 Å². The van der Waals surface area contributed by atoms with Gasteiger partial charge in [0.15, 0.2) is 0 Å². The molecule has 116 valence electrons. The van der Waals surface area contributed by atoms with Crippen LogP contribution in [0.2, 0.25) is 0 Å². The van der Waals surface area contributed by atoms with E-state index in [0.29, 0.717) is 0 Å². The minimum atomic E-state index is 0.270. The lowest BCUT2D eigenvalue weighted by Gasteiger charge is -2.29. The zero-order chi connectivity index (χ0) is 14.5. The van der Waals surface area contributed by atoms with E-state index in [-0.39, 0.29) is 6.61 Å². The summed E-state index contributed by atoms with van der Waals surface area (Å²) in [4.78, 5) is 7.48. The molecule has 0 saturated carbocycles. The number of rotatable bonds is 6. The fourth-order valence-corrected chi connectivity index (χ4v) is 3.45. The van der Waals surface area contributed by atoms with Gasteiger partial charge < -0.3 is 19.8 Å². The van der Waals surface area contributed by atoms with Crippen molar-refractivity contribution in [2.45, 2.75) is 25.7 Å². The van der Waals surface area contributed by atoms with E-state index in [0.717, 1.165) is 26.2 Å². The van der Waals surface area contributed by atoms with Crippen molar-refractivity contribution in [3.05, 3.63) is 24.3 Å². The van der Waals surface area contributed by atoms with Gasteiger partial charge in [0, 0.05) is 26.2 Å². The number of likely N-dealkylation sites (tertiary alicyclic amines) is 1. The van der Waals surface area contributed by atoms with E-state index in [1.807, 2.05) is 0 Å². The molecule has 0 spiro atoms. The summed E-state index contributed by atoms with van der Waals surface area (Å²) in [5.41, 5.74) is 2.68. The van der Waals surface area contributed by atoms with Crippen LogP contribution in [0.5, 0.6) is 0 Å². The second kappa shape index (κ2) is 7.14. The fraction of sp³-hybridized carbons (Fsp3) is 0.647. The Morgan fingerprint density at radius 2 is 1.52 bits per heavy atom. The summed E-state index contributed by atoms with van der Waals surface area (Å²) >= 11 is 0. The van der Waals surface area contributed by atoms with Crippen molar-refractivity contribution < 1.29 is 5.11 Å². The summed E-state index contributed by atoms with van der Waals surface area (Å²) in [6.45, 7) is 6.98. The molecule has 0 aromatic heterocycles. The smallest absolute Gasteiger partial charge is 0.0904 e. The van der Waals surface area contributed by atoms with Gasteiger partial charge in [-0.1, -0.05) is 18.6 Å². The third-order valence-electron chi connectivity index (χ3n) is 4.63. The number of hydrogen-bond donors (Lipinski definition) is 1. The number of benzene rings is 1. The molecule has 1 aromatic rings. The predicted molar refractivity (Wildman–Crippen MR) is 88.0 cm³/mol. The van der Waals surface area contributed by atoms with Crippen molar-refractivity contribution in [1.29, 1.82) is 0 Å². The maximum Gasteiger partial charge on any atom is 0.0904 e. The van der Waals surface area contributed by atoms with Gasteiger partial charge in [-0.2, -0.15) is 0 Å². The number of hydrogen-bond acceptors (Lipinski definition) is 4. The van der Waals surface area contributed by atoms with Crippen molar-refractivity contribution in [2.75, 3.05) is 55.8 Å². The summed E-state index contributed by atoms with van der Waals surface area (Å²) in [5, 5.41) is 9.07. The number of para-hydroxylation sites is 2. The molecule has 21 heavy (non-hydrogen) atoms. The largest absolute Gasteiger partial charge is 0.396 e. The van der Waals surface area contributed by atoms with Crippen molar-refractivity contribution >= 4 is 11.4 Å². The Kier molecular flexibility index (Phi) is 4.99. The van der Waals surface area contributed by atoms with Crippen LogP contribution < -0.4 is 9.80 Å². The van der Waals surface area contributed by atoms with Crippen LogP contribution >= 0.6 is 0 Å². The van der Waals surface area contributed by atoms with Crippen LogP contribution in [0.1, 0.15) is 25.7 Å². The first-order chi connectivity index (χ1) is 10.4. The maximum atomic E-state index is 9.07. The van der Waals surface area contributed by atoms with Gasteiger partial charge in [-0.25, -0.2) is 0 Å². The number of aliphatic hydroxyl groups is 1. The molecule has 0 amide bonds. The van der Waals surface area contributed by atoms with E-state index in [2.05, 4.69) is 39.0 Å². The van der Waals surface area contributed by atoms with Gasteiger partial charge in [-0.15, -0.1) is 0 Å². The molecule has 2 aliphatic rings. The van der Waals surface area contributed by atoms with Crippen molar-refractivity contribution in [1.82, 2.24) is 4.90 Å². The Morgan fingerprint density at radius 1 is 0.857 bits per heavy atom. The highest BCUT2D eigenvalue weighted by molar-refractivity contribution is 5.76. The average molecular weight is 289 g/mol. The van der Waals surface area contributed by atoms with Crippen LogP contribution in [0.15, 0.2) is 24.3 Å². The zero-order valence-electron chi connectivity index (χ0n) is 12.9. The fourth-order valence-electron chi connectivity index (χ4n) is 3.45. The van der Waals surface area contributed by atoms with Gasteiger partial charge in [0.05, 0.1) is 18.0 Å². The molecular formula is C17H27N3O. The molecule has 0 aliphatic carbocycles. The standard InChI is InChI=1S/C17H27N3O/c21-14-6-11-19-15-20(17-8-3-2-7-16(17)19)13-12-18-9-4-1-5-10-18/h2-3,7-8,21H,1,4-6,9-15H2. The molecule has 4 heteroatoms. The topological polar surface area (TPSA) is 30.0 Å². The number of fused-ring (bicyclic) bond motifs is 1. The van der Waals surface area contributed by atoms with Crippen LogP contribution in [0.4, 0.5) is 11.4 Å². The van der Waals surface area contributed by atoms with E-state index in [1.165, 1.54) is 50.3 Å². The van der Waals surface area contributed by atoms with Gasteiger partial charge in [0.25, 0.3) is 0 Å². The Bertz CT molecular complexity index is 445. The number of anilines is 2. The molecule has 1 N–H and O–H groups in total. The molecule has 2 aliphatic heterocycles. The molecule has 0 bridgehead atoms. The Hall–Kier alpha value is -1.26. The van der Waals surface area contributed by atoms with E-state index >= 15 is 0 Å². The number of aliphatic hydroxyl groups excluding tert-OH is 1. The monoisotopic (exact) mass is 289 g/mol. The van der Waals surface area contributed by atoms with Crippen LogP contribution in [-0.4, -0.2) is 56.0 Å². The first-order valence-corrected chi connectivity index (χ1v) is 8.30. The third kappa shape index (κ3) is 3.50. The molecule has 0 atom stereocenters. The highest BCUT2D eigenvalue weighted by Crippen LogP contribution is 2.35. The first-order valence-electron chi connectivity index (χ1n) is 8.30. The predicted octanol–water partition coefficient (Wildman–Crippen LogP) is 2.14. The lowest BCUT2D eigenvalue weighted by molar-refractivity contribution is 0.233. The molecule has 1 saturated heterocycles.